The number of hydrogen-bond acceptors (Lipinski definition) is 3. The Morgan fingerprint density at radius 3 is 2.84 bits per heavy atom. The molecule has 19 heavy (non-hydrogen) atoms. The molecule has 7 heteroatoms. The Morgan fingerprint density at radius 2 is 2.26 bits per heavy atom. The lowest BCUT2D eigenvalue weighted by molar-refractivity contribution is -0.384. The largest absolute Gasteiger partial charge is 0.370 e. The highest BCUT2D eigenvalue weighted by Gasteiger charge is 2.09. The molecular formula is C12H17ClN4O2. The standard InChI is InChI=1S/C12H17ClN4O2/c1-8(2)6-15-12(14)16-7-9-5-10(17(18)19)3-4-11(9)13/h3-5,8H,6-7H2,1-2H3,(H3,14,15,16). The first-order chi connectivity index (χ1) is 8.90. The van der Waals surface area contributed by atoms with E-state index in [1.165, 1.54) is 18.2 Å². The first-order valence-electron chi connectivity index (χ1n) is 5.86. The van der Waals surface area contributed by atoms with Gasteiger partial charge in [0.15, 0.2) is 5.96 Å². The molecule has 0 atom stereocenters. The van der Waals surface area contributed by atoms with Crippen LogP contribution in [-0.2, 0) is 6.54 Å². The Hall–Kier alpha value is -1.82. The number of non-ortho nitro benzene ring substituents is 1. The molecule has 0 saturated heterocycles. The van der Waals surface area contributed by atoms with Gasteiger partial charge in [-0.15, -0.1) is 0 Å². The molecule has 0 aliphatic carbocycles. The van der Waals surface area contributed by atoms with Crippen LogP contribution in [0.4, 0.5) is 5.69 Å². The maximum Gasteiger partial charge on any atom is 0.269 e. The van der Waals surface area contributed by atoms with E-state index >= 15 is 0 Å². The van der Waals surface area contributed by atoms with E-state index in [2.05, 4.69) is 24.2 Å². The van der Waals surface area contributed by atoms with Gasteiger partial charge in [-0.3, -0.25) is 10.1 Å². The number of nitro groups is 1. The summed E-state index contributed by atoms with van der Waals surface area (Å²) in [5.41, 5.74) is 6.24. The third-order valence-electron chi connectivity index (χ3n) is 2.35. The molecular weight excluding hydrogens is 268 g/mol. The molecule has 0 aliphatic rings. The van der Waals surface area contributed by atoms with E-state index in [4.69, 9.17) is 17.3 Å². The number of nitrogens with two attached hydrogens (primary N) is 1. The second kappa shape index (κ2) is 6.94. The fourth-order valence-electron chi connectivity index (χ4n) is 1.33. The average molecular weight is 285 g/mol. The van der Waals surface area contributed by atoms with Crippen molar-refractivity contribution in [3.8, 4) is 0 Å². The highest BCUT2D eigenvalue weighted by molar-refractivity contribution is 6.31. The SMILES string of the molecule is CC(C)CNC(N)=NCc1cc([N+](=O)[O-])ccc1Cl. The molecule has 0 fully saturated rings. The number of guanidine groups is 1. The molecule has 0 amide bonds. The van der Waals surface area contributed by atoms with Gasteiger partial charge in [0, 0.05) is 23.7 Å². The molecule has 0 bridgehead atoms. The quantitative estimate of drug-likeness (QED) is 0.375. The van der Waals surface area contributed by atoms with Crippen LogP contribution < -0.4 is 11.1 Å². The first-order valence-corrected chi connectivity index (χ1v) is 6.24. The number of nitrogens with one attached hydrogen (secondary N) is 1. The minimum Gasteiger partial charge on any atom is -0.370 e. The lowest BCUT2D eigenvalue weighted by Gasteiger charge is -2.08. The van der Waals surface area contributed by atoms with E-state index < -0.39 is 4.92 Å². The molecule has 0 aromatic heterocycles. The number of benzene rings is 1. The van der Waals surface area contributed by atoms with Gasteiger partial charge in [-0.05, 0) is 17.5 Å². The highest BCUT2D eigenvalue weighted by atomic mass is 35.5. The summed E-state index contributed by atoms with van der Waals surface area (Å²) in [6.07, 6.45) is 0. The number of hydrogen-bond donors (Lipinski definition) is 2. The van der Waals surface area contributed by atoms with E-state index in [1.54, 1.807) is 0 Å². The zero-order valence-electron chi connectivity index (χ0n) is 10.9. The summed E-state index contributed by atoms with van der Waals surface area (Å²) in [5, 5.41) is 14.1. The van der Waals surface area contributed by atoms with Crippen molar-refractivity contribution >= 4 is 23.2 Å². The van der Waals surface area contributed by atoms with E-state index in [-0.39, 0.29) is 12.2 Å². The second-order valence-corrected chi connectivity index (χ2v) is 4.92. The van der Waals surface area contributed by atoms with Crippen LogP contribution in [0.2, 0.25) is 5.02 Å². The third kappa shape index (κ3) is 5.13. The monoisotopic (exact) mass is 284 g/mol. The van der Waals surface area contributed by atoms with Crippen LogP contribution in [0.25, 0.3) is 0 Å². The van der Waals surface area contributed by atoms with Crippen molar-refractivity contribution in [1.29, 1.82) is 0 Å². The van der Waals surface area contributed by atoms with E-state index in [1.807, 2.05) is 0 Å². The topological polar surface area (TPSA) is 93.5 Å². The molecule has 6 nitrogen and oxygen atoms in total. The summed E-state index contributed by atoms with van der Waals surface area (Å²) < 4.78 is 0. The fourth-order valence-corrected chi connectivity index (χ4v) is 1.51. The summed E-state index contributed by atoms with van der Waals surface area (Å²) in [6, 6.07) is 4.25. The van der Waals surface area contributed by atoms with Gasteiger partial charge >= 0.3 is 0 Å². The van der Waals surface area contributed by atoms with Crippen LogP contribution in [0.1, 0.15) is 19.4 Å². The van der Waals surface area contributed by atoms with Gasteiger partial charge < -0.3 is 11.1 Å². The van der Waals surface area contributed by atoms with Gasteiger partial charge in [-0.1, -0.05) is 25.4 Å². The summed E-state index contributed by atoms with van der Waals surface area (Å²) in [6.45, 7) is 5.03. The van der Waals surface area contributed by atoms with E-state index in [0.29, 0.717) is 22.5 Å². The van der Waals surface area contributed by atoms with Crippen LogP contribution in [0.15, 0.2) is 23.2 Å². The smallest absolute Gasteiger partial charge is 0.269 e. The van der Waals surface area contributed by atoms with Crippen LogP contribution in [0.5, 0.6) is 0 Å². The first kappa shape index (κ1) is 15.2. The lowest BCUT2D eigenvalue weighted by Crippen LogP contribution is -2.34. The van der Waals surface area contributed by atoms with Gasteiger partial charge in [0.25, 0.3) is 5.69 Å². The Labute approximate surface area is 116 Å². The fraction of sp³-hybridized carbons (Fsp3) is 0.417. The molecule has 1 rings (SSSR count). The molecule has 0 radical (unpaired) electrons. The van der Waals surface area contributed by atoms with Gasteiger partial charge in [0.2, 0.25) is 0 Å². The van der Waals surface area contributed by atoms with Gasteiger partial charge in [0.1, 0.15) is 0 Å². The van der Waals surface area contributed by atoms with Crippen LogP contribution >= 0.6 is 11.6 Å². The maximum atomic E-state index is 10.7. The molecule has 0 spiro atoms. The van der Waals surface area contributed by atoms with Crippen molar-refractivity contribution in [2.45, 2.75) is 20.4 Å². The number of rotatable bonds is 5. The lowest BCUT2D eigenvalue weighted by atomic mass is 10.2. The van der Waals surface area contributed by atoms with Crippen molar-refractivity contribution < 1.29 is 4.92 Å². The van der Waals surface area contributed by atoms with Crippen molar-refractivity contribution in [1.82, 2.24) is 5.32 Å². The predicted octanol–water partition coefficient (Wildman–Crippen LogP) is 2.31. The molecule has 0 heterocycles. The summed E-state index contributed by atoms with van der Waals surface area (Å²) in [4.78, 5) is 14.3. The van der Waals surface area contributed by atoms with Crippen LogP contribution in [0, 0.1) is 16.0 Å². The Kier molecular flexibility index (Phi) is 5.57. The second-order valence-electron chi connectivity index (χ2n) is 4.51. The summed E-state index contributed by atoms with van der Waals surface area (Å²) in [5.74, 6) is 0.756. The normalized spacial score (nSPS) is 11.7. The van der Waals surface area contributed by atoms with Gasteiger partial charge in [-0.2, -0.15) is 0 Å². The van der Waals surface area contributed by atoms with E-state index in [0.717, 1.165) is 6.54 Å². The molecule has 0 saturated carbocycles. The number of nitrogens with zero attached hydrogens (tertiary/aromatic N) is 2. The Bertz CT molecular complexity index is 489. The number of halogens is 1. The molecule has 1 aromatic carbocycles. The molecule has 104 valence electrons. The molecule has 0 unspecified atom stereocenters. The van der Waals surface area contributed by atoms with Crippen molar-refractivity contribution in [3.63, 3.8) is 0 Å². The molecule has 0 aliphatic heterocycles. The van der Waals surface area contributed by atoms with Crippen molar-refractivity contribution in [2.24, 2.45) is 16.6 Å². The summed E-state index contributed by atoms with van der Waals surface area (Å²) in [7, 11) is 0. The third-order valence-corrected chi connectivity index (χ3v) is 2.72. The molecule has 3 N–H and O–H groups in total. The summed E-state index contributed by atoms with van der Waals surface area (Å²) >= 11 is 5.96. The molecule has 1 aromatic rings. The Balaban J connectivity index is 2.73. The predicted molar refractivity (Wildman–Crippen MR) is 76.3 cm³/mol. The highest BCUT2D eigenvalue weighted by Crippen LogP contribution is 2.22. The van der Waals surface area contributed by atoms with Crippen LogP contribution in [0.3, 0.4) is 0 Å². The van der Waals surface area contributed by atoms with E-state index in [9.17, 15) is 10.1 Å². The maximum absolute atomic E-state index is 10.7. The minimum absolute atomic E-state index is 0.0108. The number of aliphatic imine (C=N–C) groups is 1. The minimum atomic E-state index is -0.468. The van der Waals surface area contributed by atoms with Gasteiger partial charge in [-0.25, -0.2) is 4.99 Å². The zero-order valence-corrected chi connectivity index (χ0v) is 11.6. The van der Waals surface area contributed by atoms with Crippen LogP contribution in [-0.4, -0.2) is 17.4 Å². The number of nitro benzene ring substituents is 1. The van der Waals surface area contributed by atoms with Crippen molar-refractivity contribution in [3.05, 3.63) is 38.9 Å². The Morgan fingerprint density at radius 1 is 1.58 bits per heavy atom. The zero-order chi connectivity index (χ0) is 14.4. The average Bonchev–Trinajstić information content (AvgIpc) is 2.35. The van der Waals surface area contributed by atoms with Gasteiger partial charge in [0.05, 0.1) is 11.5 Å². The van der Waals surface area contributed by atoms with Crippen molar-refractivity contribution in [2.75, 3.05) is 6.54 Å².